The molecule has 1 atom stereocenters. The highest BCUT2D eigenvalue weighted by Gasteiger charge is 2.28. The van der Waals surface area contributed by atoms with Crippen molar-refractivity contribution in [1.82, 2.24) is 30.2 Å². The summed E-state index contributed by atoms with van der Waals surface area (Å²) < 4.78 is 0. The number of aromatic nitrogens is 4. The summed E-state index contributed by atoms with van der Waals surface area (Å²) in [4.78, 5) is 19.9. The molecule has 8 heteroatoms. The van der Waals surface area contributed by atoms with Crippen molar-refractivity contribution in [3.63, 3.8) is 0 Å². The van der Waals surface area contributed by atoms with Gasteiger partial charge in [0.05, 0.1) is 29.3 Å². The van der Waals surface area contributed by atoms with Crippen LogP contribution in [-0.2, 0) is 32.6 Å². The maximum Gasteiger partial charge on any atom is 0.133 e. The first-order chi connectivity index (χ1) is 18.7. The van der Waals surface area contributed by atoms with E-state index in [2.05, 4.69) is 68.7 Å². The maximum atomic E-state index is 6.18. The van der Waals surface area contributed by atoms with E-state index in [0.29, 0.717) is 11.7 Å². The van der Waals surface area contributed by atoms with Crippen LogP contribution in [-0.4, -0.2) is 24.8 Å². The summed E-state index contributed by atoms with van der Waals surface area (Å²) in [5.41, 5.74) is 8.19. The number of aromatic amines is 1. The lowest BCUT2D eigenvalue weighted by Crippen LogP contribution is -2.31. The van der Waals surface area contributed by atoms with Gasteiger partial charge in [-0.3, -0.25) is 9.88 Å². The molecule has 6 nitrogen and oxygen atoms in total. The van der Waals surface area contributed by atoms with Crippen LogP contribution in [0.5, 0.6) is 0 Å². The van der Waals surface area contributed by atoms with Crippen LogP contribution >= 0.6 is 24.0 Å². The molecule has 3 heterocycles. The van der Waals surface area contributed by atoms with Crippen LogP contribution < -0.4 is 5.32 Å². The van der Waals surface area contributed by atoms with Gasteiger partial charge in [-0.25, -0.2) is 9.97 Å². The minimum absolute atomic E-state index is 0. The average Bonchev–Trinajstić information content (AvgIpc) is 3.37. The zero-order valence-corrected chi connectivity index (χ0v) is 23.3. The van der Waals surface area contributed by atoms with Gasteiger partial charge in [0.1, 0.15) is 11.0 Å². The summed E-state index contributed by atoms with van der Waals surface area (Å²) in [6.07, 6.45) is 7.01. The van der Waals surface area contributed by atoms with Gasteiger partial charge in [-0.15, -0.1) is 12.4 Å². The SMILES string of the molecule is Cl.Clc1ncccc1CNCc1ccc(CN(Cc2nc3ccccc3[nH]2)C2CCCc3cccnc32)cc1. The van der Waals surface area contributed by atoms with Gasteiger partial charge in [0, 0.05) is 37.6 Å². The molecule has 6 rings (SSSR count). The Hall–Kier alpha value is -3.29. The smallest absolute Gasteiger partial charge is 0.133 e. The van der Waals surface area contributed by atoms with Crippen molar-refractivity contribution < 1.29 is 0 Å². The molecule has 0 fully saturated rings. The molecule has 3 aromatic heterocycles. The van der Waals surface area contributed by atoms with E-state index >= 15 is 0 Å². The van der Waals surface area contributed by atoms with Crippen molar-refractivity contribution in [2.75, 3.05) is 0 Å². The number of hydrogen-bond acceptors (Lipinski definition) is 5. The van der Waals surface area contributed by atoms with Crippen molar-refractivity contribution in [3.8, 4) is 0 Å². The van der Waals surface area contributed by atoms with Crippen molar-refractivity contribution >= 4 is 35.0 Å². The lowest BCUT2D eigenvalue weighted by Gasteiger charge is -2.34. The van der Waals surface area contributed by atoms with Crippen LogP contribution in [0, 0.1) is 0 Å². The van der Waals surface area contributed by atoms with Gasteiger partial charge < -0.3 is 10.3 Å². The second-order valence-electron chi connectivity index (χ2n) is 9.93. The second-order valence-corrected chi connectivity index (χ2v) is 10.3. The van der Waals surface area contributed by atoms with Crippen LogP contribution in [0.15, 0.2) is 85.2 Å². The van der Waals surface area contributed by atoms with E-state index in [9.17, 15) is 0 Å². The molecule has 0 amide bonds. The predicted octanol–water partition coefficient (Wildman–Crippen LogP) is 6.80. The normalized spacial score (nSPS) is 14.8. The Bertz CT molecular complexity index is 1480. The summed E-state index contributed by atoms with van der Waals surface area (Å²) >= 11 is 6.18. The molecule has 2 N–H and O–H groups in total. The van der Waals surface area contributed by atoms with Gasteiger partial charge >= 0.3 is 0 Å². The number of fused-ring (bicyclic) bond motifs is 2. The third-order valence-corrected chi connectivity index (χ3v) is 7.63. The van der Waals surface area contributed by atoms with Crippen LogP contribution in [0.4, 0.5) is 0 Å². The Kier molecular flexibility index (Phi) is 8.89. The monoisotopic (exact) mass is 558 g/mol. The van der Waals surface area contributed by atoms with E-state index in [0.717, 1.165) is 54.9 Å². The van der Waals surface area contributed by atoms with Crippen LogP contribution in [0.2, 0.25) is 5.15 Å². The van der Waals surface area contributed by atoms with Gasteiger partial charge in [-0.1, -0.05) is 60.1 Å². The standard InChI is InChI=1S/C31H31ClN6.ClH/c32-31-25(8-5-17-35-31)19-33-18-22-12-14-23(15-13-22)20-38(21-29-36-26-9-1-2-10-27(26)37-29)28-11-3-6-24-7-4-16-34-30(24)28;/h1-2,4-5,7-10,12-17,28,33H,3,6,11,18-21H2,(H,36,37);1H. The molecule has 0 bridgehead atoms. The van der Waals surface area contributed by atoms with Crippen molar-refractivity contribution in [1.29, 1.82) is 0 Å². The lowest BCUT2D eigenvalue weighted by atomic mass is 9.90. The molecule has 0 spiro atoms. The molecule has 0 saturated carbocycles. The number of nitrogens with one attached hydrogen (secondary N) is 2. The number of rotatable bonds is 9. The lowest BCUT2D eigenvalue weighted by molar-refractivity contribution is 0.153. The Morgan fingerprint density at radius 1 is 0.872 bits per heavy atom. The molecule has 2 aromatic carbocycles. The Balaban J connectivity index is 0.00000308. The van der Waals surface area contributed by atoms with Gasteiger partial charge in [-0.05, 0) is 60.2 Å². The maximum absolute atomic E-state index is 6.18. The van der Waals surface area contributed by atoms with E-state index in [1.807, 2.05) is 30.5 Å². The summed E-state index contributed by atoms with van der Waals surface area (Å²) in [6, 6.07) is 25.6. The Morgan fingerprint density at radius 3 is 2.51 bits per heavy atom. The number of H-pyrrole nitrogens is 1. The number of halogens is 2. The quantitative estimate of drug-likeness (QED) is 0.195. The van der Waals surface area contributed by atoms with Crippen molar-refractivity contribution in [2.45, 2.75) is 51.5 Å². The minimum atomic E-state index is 0. The van der Waals surface area contributed by atoms with E-state index < -0.39 is 0 Å². The molecule has 1 aliphatic carbocycles. The highest BCUT2D eigenvalue weighted by Crippen LogP contribution is 2.34. The summed E-state index contributed by atoms with van der Waals surface area (Å²) in [5, 5.41) is 4.03. The van der Waals surface area contributed by atoms with Gasteiger partial charge in [0.2, 0.25) is 0 Å². The molecular formula is C31H32Cl2N6. The largest absolute Gasteiger partial charge is 0.341 e. The third-order valence-electron chi connectivity index (χ3n) is 7.29. The molecule has 1 aliphatic rings. The predicted molar refractivity (Wildman–Crippen MR) is 159 cm³/mol. The second kappa shape index (κ2) is 12.7. The fourth-order valence-corrected chi connectivity index (χ4v) is 5.57. The number of para-hydroxylation sites is 2. The van der Waals surface area contributed by atoms with E-state index in [4.69, 9.17) is 21.6 Å². The fourth-order valence-electron chi connectivity index (χ4n) is 5.38. The number of hydrogen-bond donors (Lipinski definition) is 2. The first kappa shape index (κ1) is 27.3. The zero-order valence-electron chi connectivity index (χ0n) is 21.7. The Morgan fingerprint density at radius 2 is 1.67 bits per heavy atom. The molecular weight excluding hydrogens is 527 g/mol. The number of imidazole rings is 1. The van der Waals surface area contributed by atoms with E-state index in [1.165, 1.54) is 28.8 Å². The van der Waals surface area contributed by atoms with E-state index in [-0.39, 0.29) is 18.4 Å². The average molecular weight is 560 g/mol. The molecule has 0 aliphatic heterocycles. The fraction of sp³-hybridized carbons (Fsp3) is 0.258. The highest BCUT2D eigenvalue weighted by molar-refractivity contribution is 6.30. The third kappa shape index (κ3) is 6.48. The van der Waals surface area contributed by atoms with Crippen molar-refractivity contribution in [2.24, 2.45) is 0 Å². The van der Waals surface area contributed by atoms with Crippen LogP contribution in [0.1, 0.15) is 52.7 Å². The number of aryl methyl sites for hydroxylation is 1. The molecule has 0 saturated heterocycles. The summed E-state index contributed by atoms with van der Waals surface area (Å²) in [5.74, 6) is 0.990. The summed E-state index contributed by atoms with van der Waals surface area (Å²) in [6.45, 7) is 3.03. The number of nitrogens with zero attached hydrogens (tertiary/aromatic N) is 4. The topological polar surface area (TPSA) is 69.7 Å². The van der Waals surface area contributed by atoms with E-state index in [1.54, 1.807) is 6.20 Å². The first-order valence-electron chi connectivity index (χ1n) is 13.2. The van der Waals surface area contributed by atoms with Crippen LogP contribution in [0.3, 0.4) is 0 Å². The first-order valence-corrected chi connectivity index (χ1v) is 13.6. The number of pyridine rings is 2. The van der Waals surface area contributed by atoms with Crippen LogP contribution in [0.25, 0.3) is 11.0 Å². The number of benzene rings is 2. The zero-order chi connectivity index (χ0) is 25.7. The molecule has 1 unspecified atom stereocenters. The minimum Gasteiger partial charge on any atom is -0.341 e. The molecule has 0 radical (unpaired) electrons. The van der Waals surface area contributed by atoms with Gasteiger partial charge in [-0.2, -0.15) is 0 Å². The molecule has 200 valence electrons. The Labute approximate surface area is 240 Å². The summed E-state index contributed by atoms with van der Waals surface area (Å²) in [7, 11) is 0. The molecule has 5 aromatic rings. The van der Waals surface area contributed by atoms with Crippen molar-refractivity contribution in [3.05, 3.63) is 124 Å². The molecule has 39 heavy (non-hydrogen) atoms. The van der Waals surface area contributed by atoms with Gasteiger partial charge in [0.15, 0.2) is 0 Å². The van der Waals surface area contributed by atoms with Gasteiger partial charge in [0.25, 0.3) is 0 Å². The highest BCUT2D eigenvalue weighted by atomic mass is 35.5.